The van der Waals surface area contributed by atoms with E-state index in [1.165, 1.54) is 4.90 Å². The van der Waals surface area contributed by atoms with Gasteiger partial charge < -0.3 is 14.7 Å². The lowest BCUT2D eigenvalue weighted by atomic mass is 10.0. The number of hydrogen-bond acceptors (Lipinski definition) is 5. The Hall–Kier alpha value is -4.26. The molecule has 2 aromatic carbocycles. The van der Waals surface area contributed by atoms with Crippen molar-refractivity contribution in [1.82, 2.24) is 20.4 Å². The molecule has 34 heavy (non-hydrogen) atoms. The molecule has 0 atom stereocenters. The first-order valence-corrected chi connectivity index (χ1v) is 11.0. The fourth-order valence-corrected chi connectivity index (χ4v) is 3.60. The van der Waals surface area contributed by atoms with Crippen LogP contribution in [0.5, 0.6) is 0 Å². The number of nitrogens with zero attached hydrogens (tertiary/aromatic N) is 3. The van der Waals surface area contributed by atoms with Crippen LogP contribution in [0.2, 0.25) is 0 Å². The van der Waals surface area contributed by atoms with Crippen LogP contribution in [0, 0.1) is 13.8 Å². The number of carbonyl (C=O) groups is 2. The summed E-state index contributed by atoms with van der Waals surface area (Å²) in [5.41, 5.74) is 5.00. The highest BCUT2D eigenvalue weighted by Crippen LogP contribution is 2.26. The van der Waals surface area contributed by atoms with E-state index < -0.39 is 0 Å². The van der Waals surface area contributed by atoms with Crippen molar-refractivity contribution < 1.29 is 14.1 Å². The molecule has 0 saturated carbocycles. The zero-order valence-electron chi connectivity index (χ0n) is 19.2. The average molecular weight is 455 g/mol. The monoisotopic (exact) mass is 454 g/mol. The summed E-state index contributed by atoms with van der Waals surface area (Å²) in [7, 11) is 0. The minimum Gasteiger partial charge on any atom is -0.355 e. The standard InChI is InChI=1S/C27H26N4O3/c1-19-8-9-20(2)23(14-19)25-15-24(30-34-25)27(33)31(17-22-6-4-3-5-7-22)18-26(32)29-16-21-10-12-28-13-11-21/h3-15H,16-18H2,1-2H3,(H,29,32). The van der Waals surface area contributed by atoms with Crippen LogP contribution in [0.4, 0.5) is 0 Å². The molecule has 0 spiro atoms. The van der Waals surface area contributed by atoms with Crippen LogP contribution in [-0.4, -0.2) is 33.4 Å². The van der Waals surface area contributed by atoms with Crippen LogP contribution in [0.25, 0.3) is 11.3 Å². The number of pyridine rings is 1. The Morgan fingerprint density at radius 2 is 1.71 bits per heavy atom. The summed E-state index contributed by atoms with van der Waals surface area (Å²) in [6.07, 6.45) is 3.34. The molecule has 1 N–H and O–H groups in total. The molecule has 2 aromatic heterocycles. The predicted molar refractivity (Wildman–Crippen MR) is 129 cm³/mol. The van der Waals surface area contributed by atoms with Crippen molar-refractivity contribution in [3.8, 4) is 11.3 Å². The maximum Gasteiger partial charge on any atom is 0.276 e. The maximum atomic E-state index is 13.4. The van der Waals surface area contributed by atoms with E-state index in [1.807, 2.05) is 74.5 Å². The Morgan fingerprint density at radius 1 is 0.941 bits per heavy atom. The minimum atomic E-state index is -0.372. The van der Waals surface area contributed by atoms with Crippen molar-refractivity contribution >= 4 is 11.8 Å². The van der Waals surface area contributed by atoms with Crippen molar-refractivity contribution in [1.29, 1.82) is 0 Å². The Bertz CT molecular complexity index is 1270. The second-order valence-corrected chi connectivity index (χ2v) is 8.17. The van der Waals surface area contributed by atoms with Gasteiger partial charge >= 0.3 is 0 Å². The number of benzene rings is 2. The third-order valence-corrected chi connectivity index (χ3v) is 5.46. The quantitative estimate of drug-likeness (QED) is 0.429. The molecule has 0 radical (unpaired) electrons. The van der Waals surface area contributed by atoms with Gasteiger partial charge in [0.2, 0.25) is 5.91 Å². The molecule has 2 amide bonds. The number of aromatic nitrogens is 2. The molecule has 0 unspecified atom stereocenters. The van der Waals surface area contributed by atoms with Crippen LogP contribution in [-0.2, 0) is 17.9 Å². The van der Waals surface area contributed by atoms with Crippen molar-refractivity contribution in [3.63, 3.8) is 0 Å². The molecule has 0 fully saturated rings. The van der Waals surface area contributed by atoms with Crippen LogP contribution in [0.15, 0.2) is 83.6 Å². The molecule has 7 nitrogen and oxygen atoms in total. The van der Waals surface area contributed by atoms with Crippen LogP contribution in [0.1, 0.15) is 32.7 Å². The fourth-order valence-electron chi connectivity index (χ4n) is 3.60. The van der Waals surface area contributed by atoms with Gasteiger partial charge in [0.1, 0.15) is 6.54 Å². The zero-order valence-corrected chi connectivity index (χ0v) is 19.2. The van der Waals surface area contributed by atoms with Gasteiger partial charge in [-0.25, -0.2) is 0 Å². The average Bonchev–Trinajstić information content (AvgIpc) is 3.35. The molecule has 0 aliphatic rings. The molecular formula is C27H26N4O3. The second-order valence-electron chi connectivity index (χ2n) is 8.17. The summed E-state index contributed by atoms with van der Waals surface area (Å²) in [5.74, 6) is -0.117. The van der Waals surface area contributed by atoms with Crippen LogP contribution in [0.3, 0.4) is 0 Å². The van der Waals surface area contributed by atoms with Gasteiger partial charge in [-0.15, -0.1) is 0 Å². The van der Waals surface area contributed by atoms with Gasteiger partial charge in [-0.1, -0.05) is 53.2 Å². The lowest BCUT2D eigenvalue weighted by Gasteiger charge is -2.21. The molecule has 4 rings (SSSR count). The molecule has 172 valence electrons. The largest absolute Gasteiger partial charge is 0.355 e. The normalized spacial score (nSPS) is 10.6. The van der Waals surface area contributed by atoms with E-state index in [0.717, 1.165) is 27.8 Å². The maximum absolute atomic E-state index is 13.4. The number of nitrogens with one attached hydrogen (secondary N) is 1. The molecule has 0 aliphatic carbocycles. The minimum absolute atomic E-state index is 0.107. The highest BCUT2D eigenvalue weighted by atomic mass is 16.5. The van der Waals surface area contributed by atoms with Gasteiger partial charge in [0.25, 0.3) is 5.91 Å². The molecule has 0 saturated heterocycles. The first-order chi connectivity index (χ1) is 16.5. The molecule has 2 heterocycles. The molecule has 7 heteroatoms. The SMILES string of the molecule is Cc1ccc(C)c(-c2cc(C(=O)N(CC(=O)NCc3ccncc3)Cc3ccccc3)no2)c1. The van der Waals surface area contributed by atoms with E-state index in [4.69, 9.17) is 4.52 Å². The number of aryl methyl sites for hydroxylation is 2. The number of rotatable bonds is 8. The topological polar surface area (TPSA) is 88.3 Å². The number of hydrogen-bond donors (Lipinski definition) is 1. The fraction of sp³-hybridized carbons (Fsp3) is 0.185. The summed E-state index contributed by atoms with van der Waals surface area (Å²) in [5, 5.41) is 6.88. The molecule has 0 aliphatic heterocycles. The van der Waals surface area contributed by atoms with E-state index in [1.54, 1.807) is 18.5 Å². The van der Waals surface area contributed by atoms with Crippen molar-refractivity contribution in [2.24, 2.45) is 0 Å². The van der Waals surface area contributed by atoms with E-state index in [0.29, 0.717) is 12.3 Å². The van der Waals surface area contributed by atoms with E-state index in [2.05, 4.69) is 15.5 Å². The number of carbonyl (C=O) groups excluding carboxylic acids is 2. The Labute approximate surface area is 198 Å². The second kappa shape index (κ2) is 10.6. The first-order valence-electron chi connectivity index (χ1n) is 11.0. The highest BCUT2D eigenvalue weighted by molar-refractivity contribution is 5.95. The summed E-state index contributed by atoms with van der Waals surface area (Å²) in [6.45, 7) is 4.50. The summed E-state index contributed by atoms with van der Waals surface area (Å²) >= 11 is 0. The van der Waals surface area contributed by atoms with Crippen molar-refractivity contribution in [3.05, 3.63) is 107 Å². The van der Waals surface area contributed by atoms with Crippen LogP contribution < -0.4 is 5.32 Å². The third-order valence-electron chi connectivity index (χ3n) is 5.46. The van der Waals surface area contributed by atoms with Gasteiger partial charge in [-0.2, -0.15) is 0 Å². The summed E-state index contributed by atoms with van der Waals surface area (Å²) in [6, 6.07) is 20.9. The van der Waals surface area contributed by atoms with Gasteiger partial charge in [0.15, 0.2) is 11.5 Å². The van der Waals surface area contributed by atoms with Crippen molar-refractivity contribution in [2.45, 2.75) is 26.9 Å². The van der Waals surface area contributed by atoms with E-state index in [-0.39, 0.29) is 30.6 Å². The van der Waals surface area contributed by atoms with Crippen molar-refractivity contribution in [2.75, 3.05) is 6.54 Å². The number of amides is 2. The Morgan fingerprint density at radius 3 is 2.47 bits per heavy atom. The van der Waals surface area contributed by atoms with Gasteiger partial charge in [0, 0.05) is 37.1 Å². The summed E-state index contributed by atoms with van der Waals surface area (Å²) < 4.78 is 5.51. The zero-order chi connectivity index (χ0) is 23.9. The lowest BCUT2D eigenvalue weighted by molar-refractivity contribution is -0.122. The third kappa shape index (κ3) is 5.75. The van der Waals surface area contributed by atoms with Gasteiger partial charge in [0.05, 0.1) is 0 Å². The van der Waals surface area contributed by atoms with Gasteiger partial charge in [-0.3, -0.25) is 14.6 Å². The van der Waals surface area contributed by atoms with E-state index in [9.17, 15) is 9.59 Å². The first kappa shape index (κ1) is 22.9. The molecular weight excluding hydrogens is 428 g/mol. The summed E-state index contributed by atoms with van der Waals surface area (Å²) in [4.78, 5) is 31.5. The highest BCUT2D eigenvalue weighted by Gasteiger charge is 2.23. The van der Waals surface area contributed by atoms with Crippen LogP contribution >= 0.6 is 0 Å². The predicted octanol–water partition coefficient (Wildman–Crippen LogP) is 4.31. The molecule has 0 bridgehead atoms. The van der Waals surface area contributed by atoms with E-state index >= 15 is 0 Å². The molecule has 4 aromatic rings. The lowest BCUT2D eigenvalue weighted by Crippen LogP contribution is -2.40. The smallest absolute Gasteiger partial charge is 0.276 e. The Kier molecular flexibility index (Phi) is 7.13. The Balaban J connectivity index is 1.52. The van der Waals surface area contributed by atoms with Gasteiger partial charge in [-0.05, 0) is 48.7 Å².